The van der Waals surface area contributed by atoms with E-state index in [0.717, 1.165) is 24.0 Å². The van der Waals surface area contributed by atoms with Gasteiger partial charge in [0.2, 0.25) is 0 Å². The summed E-state index contributed by atoms with van der Waals surface area (Å²) in [6.07, 6.45) is 2.91. The van der Waals surface area contributed by atoms with Crippen molar-refractivity contribution in [3.8, 4) is 0 Å². The quantitative estimate of drug-likeness (QED) is 0.240. The van der Waals surface area contributed by atoms with Gasteiger partial charge in [-0.25, -0.2) is 4.57 Å². The zero-order valence-electron chi connectivity index (χ0n) is 17.2. The molecule has 0 aliphatic carbocycles. The summed E-state index contributed by atoms with van der Waals surface area (Å²) >= 11 is 0. The van der Waals surface area contributed by atoms with Gasteiger partial charge in [0, 0.05) is 0 Å². The predicted octanol–water partition coefficient (Wildman–Crippen LogP) is 6.26. The van der Waals surface area contributed by atoms with Crippen LogP contribution in [0.2, 0.25) is 0 Å². The molecule has 0 aliphatic heterocycles. The van der Waals surface area contributed by atoms with Crippen LogP contribution in [-0.4, -0.2) is 19.8 Å². The molecule has 30 heavy (non-hydrogen) atoms. The number of rotatable bonds is 13. The Hall–Kier alpha value is -2.23. The molecule has 3 aromatic carbocycles. The van der Waals surface area contributed by atoms with Gasteiger partial charge in [0.25, 0.3) is 0 Å². The summed E-state index contributed by atoms with van der Waals surface area (Å²) in [5, 5.41) is 0. The Morgan fingerprint density at radius 3 is 1.30 bits per heavy atom. The minimum Gasteiger partial charge on any atom is -0.287 e. The standard InChI is InChI=1S/C25H29O4P/c26-30(28-21-18-24-13-6-2-7-14-24,29-22-19-25-15-8-3-9-16-25)27-20-10-17-23-11-4-1-5-12-23/h1-9,11-16H,10,17-22H2. The van der Waals surface area contributed by atoms with E-state index in [1.807, 2.05) is 78.9 Å². The molecule has 0 amide bonds. The molecule has 0 bridgehead atoms. The summed E-state index contributed by atoms with van der Waals surface area (Å²) in [5.74, 6) is 0. The van der Waals surface area contributed by atoms with Gasteiger partial charge in [0.05, 0.1) is 19.8 Å². The van der Waals surface area contributed by atoms with Gasteiger partial charge in [-0.1, -0.05) is 91.0 Å². The van der Waals surface area contributed by atoms with E-state index >= 15 is 0 Å². The largest absolute Gasteiger partial charge is 0.474 e. The van der Waals surface area contributed by atoms with Gasteiger partial charge < -0.3 is 0 Å². The minimum absolute atomic E-state index is 0.283. The second-order valence-corrected chi connectivity index (χ2v) is 8.68. The van der Waals surface area contributed by atoms with E-state index in [1.165, 1.54) is 5.56 Å². The third kappa shape index (κ3) is 8.25. The van der Waals surface area contributed by atoms with E-state index in [9.17, 15) is 4.57 Å². The van der Waals surface area contributed by atoms with Crippen molar-refractivity contribution in [2.24, 2.45) is 0 Å². The first-order chi connectivity index (χ1) is 14.7. The van der Waals surface area contributed by atoms with Gasteiger partial charge in [-0.05, 0) is 42.4 Å². The second kappa shape index (κ2) is 12.5. The van der Waals surface area contributed by atoms with Crippen molar-refractivity contribution in [3.05, 3.63) is 108 Å². The van der Waals surface area contributed by atoms with Crippen molar-refractivity contribution < 1.29 is 18.1 Å². The molecule has 0 unspecified atom stereocenters. The van der Waals surface area contributed by atoms with Crippen molar-refractivity contribution >= 4 is 7.82 Å². The molecule has 0 atom stereocenters. The molecule has 5 heteroatoms. The Kier molecular flexibility index (Phi) is 9.33. The first-order valence-corrected chi connectivity index (χ1v) is 11.8. The summed E-state index contributed by atoms with van der Waals surface area (Å²) in [6.45, 7) is 0.888. The Morgan fingerprint density at radius 1 is 0.500 bits per heavy atom. The normalized spacial score (nSPS) is 11.5. The van der Waals surface area contributed by atoms with Crippen LogP contribution in [0.1, 0.15) is 23.1 Å². The third-order valence-corrected chi connectivity index (χ3v) is 6.16. The summed E-state index contributed by atoms with van der Waals surface area (Å²) in [5.41, 5.74) is 3.47. The number of hydrogen-bond acceptors (Lipinski definition) is 4. The molecular formula is C25H29O4P. The average Bonchev–Trinajstić information content (AvgIpc) is 2.79. The zero-order chi connectivity index (χ0) is 20.9. The summed E-state index contributed by atoms with van der Waals surface area (Å²) in [6, 6.07) is 30.1. The van der Waals surface area contributed by atoms with Gasteiger partial charge in [-0.2, -0.15) is 0 Å². The first-order valence-electron chi connectivity index (χ1n) is 10.4. The van der Waals surface area contributed by atoms with Gasteiger partial charge in [-0.15, -0.1) is 0 Å². The van der Waals surface area contributed by atoms with Crippen LogP contribution < -0.4 is 0 Å². The van der Waals surface area contributed by atoms with Crippen LogP contribution in [0, 0.1) is 0 Å². The van der Waals surface area contributed by atoms with Crippen LogP contribution in [0.4, 0.5) is 0 Å². The number of phosphoric ester groups is 1. The molecule has 0 N–H and O–H groups in total. The number of phosphoric acid groups is 1. The van der Waals surface area contributed by atoms with Crippen LogP contribution >= 0.6 is 7.82 Å². The summed E-state index contributed by atoms with van der Waals surface area (Å²) in [7, 11) is -3.61. The Morgan fingerprint density at radius 2 is 0.867 bits per heavy atom. The fourth-order valence-electron chi connectivity index (χ4n) is 3.05. The average molecular weight is 424 g/mol. The van der Waals surface area contributed by atoms with Crippen molar-refractivity contribution in [2.45, 2.75) is 25.7 Å². The second-order valence-electron chi connectivity index (χ2n) is 7.01. The molecule has 0 saturated carbocycles. The maximum Gasteiger partial charge on any atom is 0.474 e. The predicted molar refractivity (Wildman–Crippen MR) is 121 cm³/mol. The van der Waals surface area contributed by atoms with E-state index in [2.05, 4.69) is 12.1 Å². The van der Waals surface area contributed by atoms with Gasteiger partial charge >= 0.3 is 7.82 Å². The lowest BCUT2D eigenvalue weighted by atomic mass is 10.1. The molecule has 0 fully saturated rings. The Bertz CT molecular complexity index is 835. The lowest BCUT2D eigenvalue weighted by Gasteiger charge is -2.18. The molecule has 0 spiro atoms. The van der Waals surface area contributed by atoms with Crippen LogP contribution in [0.5, 0.6) is 0 Å². The molecule has 4 nitrogen and oxygen atoms in total. The number of benzene rings is 3. The number of aryl methyl sites for hydroxylation is 1. The lowest BCUT2D eigenvalue weighted by molar-refractivity contribution is 0.114. The van der Waals surface area contributed by atoms with Gasteiger partial charge in [-0.3, -0.25) is 13.6 Å². The maximum absolute atomic E-state index is 13.1. The molecule has 0 heterocycles. The summed E-state index contributed by atoms with van der Waals surface area (Å²) < 4.78 is 30.0. The fraction of sp³-hybridized carbons (Fsp3) is 0.280. The van der Waals surface area contributed by atoms with Crippen LogP contribution in [0.25, 0.3) is 0 Å². The molecule has 0 aliphatic rings. The molecule has 3 rings (SSSR count). The highest BCUT2D eigenvalue weighted by Gasteiger charge is 2.26. The zero-order valence-corrected chi connectivity index (χ0v) is 18.1. The van der Waals surface area contributed by atoms with Gasteiger partial charge in [0.1, 0.15) is 0 Å². The highest BCUT2D eigenvalue weighted by molar-refractivity contribution is 7.48. The van der Waals surface area contributed by atoms with E-state index in [4.69, 9.17) is 13.6 Å². The molecule has 0 radical (unpaired) electrons. The molecule has 3 aromatic rings. The smallest absolute Gasteiger partial charge is 0.287 e. The minimum atomic E-state index is -3.61. The van der Waals surface area contributed by atoms with E-state index in [0.29, 0.717) is 19.4 Å². The summed E-state index contributed by atoms with van der Waals surface area (Å²) in [4.78, 5) is 0. The van der Waals surface area contributed by atoms with Crippen molar-refractivity contribution in [1.29, 1.82) is 0 Å². The Balaban J connectivity index is 1.48. The Labute approximate surface area is 179 Å². The fourth-order valence-corrected chi connectivity index (χ4v) is 4.26. The molecule has 0 aromatic heterocycles. The van der Waals surface area contributed by atoms with E-state index in [-0.39, 0.29) is 13.2 Å². The SMILES string of the molecule is O=P(OCCCc1ccccc1)(OCCc1ccccc1)OCCc1ccccc1. The van der Waals surface area contributed by atoms with Crippen LogP contribution in [-0.2, 0) is 37.4 Å². The van der Waals surface area contributed by atoms with Crippen LogP contribution in [0.3, 0.4) is 0 Å². The first kappa shape index (κ1) is 22.5. The van der Waals surface area contributed by atoms with Crippen molar-refractivity contribution in [1.82, 2.24) is 0 Å². The van der Waals surface area contributed by atoms with E-state index in [1.54, 1.807) is 0 Å². The topological polar surface area (TPSA) is 44.8 Å². The highest BCUT2D eigenvalue weighted by Crippen LogP contribution is 2.49. The lowest BCUT2D eigenvalue weighted by Crippen LogP contribution is -2.07. The van der Waals surface area contributed by atoms with Crippen molar-refractivity contribution in [2.75, 3.05) is 19.8 Å². The van der Waals surface area contributed by atoms with Crippen molar-refractivity contribution in [3.63, 3.8) is 0 Å². The van der Waals surface area contributed by atoms with Gasteiger partial charge in [0.15, 0.2) is 0 Å². The molecular weight excluding hydrogens is 395 g/mol. The third-order valence-electron chi connectivity index (χ3n) is 4.67. The molecule has 0 saturated heterocycles. The van der Waals surface area contributed by atoms with Crippen LogP contribution in [0.15, 0.2) is 91.0 Å². The van der Waals surface area contributed by atoms with E-state index < -0.39 is 7.82 Å². The maximum atomic E-state index is 13.1. The number of hydrogen-bond donors (Lipinski definition) is 0. The monoisotopic (exact) mass is 424 g/mol. The molecule has 158 valence electrons. The highest BCUT2D eigenvalue weighted by atomic mass is 31.2.